The van der Waals surface area contributed by atoms with Crippen molar-refractivity contribution in [3.8, 4) is 0 Å². The average molecular weight is 465 g/mol. The second-order valence-corrected chi connectivity index (χ2v) is 8.76. The Kier molecular flexibility index (Phi) is 5.72. The van der Waals surface area contributed by atoms with E-state index < -0.39 is 0 Å². The number of halogens is 1. The maximum atomic E-state index is 11.7. The maximum Gasteiger partial charge on any atom is 0.219 e. The summed E-state index contributed by atoms with van der Waals surface area (Å²) in [4.78, 5) is 34.4. The Morgan fingerprint density at radius 2 is 2.03 bits per heavy atom. The van der Waals surface area contributed by atoms with E-state index in [-0.39, 0.29) is 18.0 Å². The van der Waals surface area contributed by atoms with Crippen molar-refractivity contribution in [2.45, 2.75) is 38.8 Å². The van der Waals surface area contributed by atoms with E-state index in [0.717, 1.165) is 53.7 Å². The monoisotopic (exact) mass is 464 g/mol. The summed E-state index contributed by atoms with van der Waals surface area (Å²) >= 11 is 6.46. The number of piperidine rings is 1. The molecule has 1 fully saturated rings. The van der Waals surface area contributed by atoms with Crippen LogP contribution in [0, 0.1) is 0 Å². The Morgan fingerprint density at radius 1 is 1.21 bits per heavy atom. The van der Waals surface area contributed by atoms with E-state index in [1.807, 2.05) is 23.1 Å². The number of anilines is 2. The number of carbonyl (C=O) groups excluding carboxylic acids is 1. The fourth-order valence-electron chi connectivity index (χ4n) is 4.31. The number of H-pyrrole nitrogens is 1. The van der Waals surface area contributed by atoms with Crippen LogP contribution in [0.4, 0.5) is 11.6 Å². The Bertz CT molecular complexity index is 1310. The number of nitrogens with one attached hydrogen (secondary N) is 3. The number of hydrogen-bond acceptors (Lipinski definition) is 7. The predicted octanol–water partition coefficient (Wildman–Crippen LogP) is 4.15. The number of aromatic amines is 1. The molecule has 1 atom stereocenters. The number of rotatable bonds is 5. The molecule has 10 heteroatoms. The lowest BCUT2D eigenvalue weighted by molar-refractivity contribution is -0.129. The molecule has 4 aromatic rings. The van der Waals surface area contributed by atoms with Crippen LogP contribution in [0.2, 0.25) is 5.02 Å². The van der Waals surface area contributed by atoms with Crippen molar-refractivity contribution in [1.82, 2.24) is 29.8 Å². The first kappa shape index (κ1) is 21.4. The van der Waals surface area contributed by atoms with E-state index in [0.29, 0.717) is 16.5 Å². The van der Waals surface area contributed by atoms with Crippen molar-refractivity contribution < 1.29 is 4.79 Å². The largest absolute Gasteiger partial charge is 0.367 e. The number of fused-ring (bicyclic) bond motifs is 2. The molecule has 0 spiro atoms. The number of para-hydroxylation sites is 1. The third-order valence-electron chi connectivity index (χ3n) is 6.15. The van der Waals surface area contributed by atoms with Gasteiger partial charge < -0.3 is 20.5 Å². The Morgan fingerprint density at radius 3 is 2.82 bits per heavy atom. The van der Waals surface area contributed by atoms with Gasteiger partial charge in [0, 0.05) is 37.0 Å². The molecule has 1 aromatic carbocycles. The van der Waals surface area contributed by atoms with Gasteiger partial charge in [0.2, 0.25) is 5.91 Å². The van der Waals surface area contributed by atoms with Crippen LogP contribution in [-0.4, -0.2) is 54.9 Å². The van der Waals surface area contributed by atoms with Crippen LogP contribution in [0.1, 0.15) is 38.3 Å². The fraction of sp³-hybridized carbons (Fsp3) is 0.348. The molecule has 0 bridgehead atoms. The maximum absolute atomic E-state index is 11.7. The number of nitrogens with zero attached hydrogens (tertiary/aromatic N) is 5. The molecule has 1 amide bonds. The molecule has 9 nitrogen and oxygen atoms in total. The summed E-state index contributed by atoms with van der Waals surface area (Å²) in [6.45, 7) is 5.17. The molecule has 0 saturated carbocycles. The van der Waals surface area contributed by atoms with E-state index in [4.69, 9.17) is 16.6 Å². The van der Waals surface area contributed by atoms with E-state index in [9.17, 15) is 4.79 Å². The molecule has 0 unspecified atom stereocenters. The first-order valence-corrected chi connectivity index (χ1v) is 11.4. The van der Waals surface area contributed by atoms with Crippen LogP contribution in [0.25, 0.3) is 22.1 Å². The minimum Gasteiger partial charge on any atom is -0.367 e. The summed E-state index contributed by atoms with van der Waals surface area (Å²) < 4.78 is 0. The third-order valence-corrected chi connectivity index (χ3v) is 6.45. The van der Waals surface area contributed by atoms with Gasteiger partial charge in [0.15, 0.2) is 11.5 Å². The van der Waals surface area contributed by atoms with Gasteiger partial charge >= 0.3 is 0 Å². The molecule has 0 radical (unpaired) electrons. The topological polar surface area (TPSA) is 112 Å². The number of benzene rings is 1. The Hall–Kier alpha value is -3.46. The van der Waals surface area contributed by atoms with Crippen molar-refractivity contribution in [3.05, 3.63) is 47.5 Å². The van der Waals surface area contributed by atoms with Crippen molar-refractivity contribution >= 4 is 51.2 Å². The van der Waals surface area contributed by atoms with E-state index in [1.165, 1.54) is 6.33 Å². The molecule has 3 N–H and O–H groups in total. The van der Waals surface area contributed by atoms with Gasteiger partial charge in [-0.1, -0.05) is 23.7 Å². The van der Waals surface area contributed by atoms with Gasteiger partial charge in [0.05, 0.1) is 22.9 Å². The minimum atomic E-state index is -0.109. The average Bonchev–Trinajstić information content (AvgIpc) is 3.29. The predicted molar refractivity (Wildman–Crippen MR) is 129 cm³/mol. The Balaban J connectivity index is 1.47. The van der Waals surface area contributed by atoms with Crippen LogP contribution >= 0.6 is 11.6 Å². The molecule has 1 aliphatic rings. The molecule has 1 aliphatic heterocycles. The van der Waals surface area contributed by atoms with E-state index in [2.05, 4.69) is 43.6 Å². The smallest absolute Gasteiger partial charge is 0.219 e. The summed E-state index contributed by atoms with van der Waals surface area (Å²) in [5.74, 6) is 1.58. The van der Waals surface area contributed by atoms with Crippen LogP contribution in [0.15, 0.2) is 36.9 Å². The van der Waals surface area contributed by atoms with Gasteiger partial charge in [0.1, 0.15) is 17.7 Å². The lowest BCUT2D eigenvalue weighted by atomic mass is 10.0. The molecule has 1 saturated heterocycles. The Labute approximate surface area is 196 Å². The van der Waals surface area contributed by atoms with Crippen LogP contribution < -0.4 is 10.6 Å². The van der Waals surface area contributed by atoms with Crippen LogP contribution in [-0.2, 0) is 4.79 Å². The lowest BCUT2D eigenvalue weighted by Gasteiger charge is -2.32. The molecule has 170 valence electrons. The molecule has 0 aliphatic carbocycles. The van der Waals surface area contributed by atoms with Crippen LogP contribution in [0.5, 0.6) is 0 Å². The zero-order valence-corrected chi connectivity index (χ0v) is 19.2. The first-order chi connectivity index (χ1) is 16.0. The minimum absolute atomic E-state index is 0.109. The van der Waals surface area contributed by atoms with E-state index in [1.54, 1.807) is 13.3 Å². The highest BCUT2D eigenvalue weighted by atomic mass is 35.5. The molecule has 33 heavy (non-hydrogen) atoms. The SMILES string of the molecule is CC(=O)N1CCC(Nc2nc3c(Cl)cccc3cc2[C@H](C)Nc2ncnc3nc[nH]c23)CC1. The van der Waals surface area contributed by atoms with E-state index >= 15 is 0 Å². The standard InChI is InChI=1S/C23H25ClN8O/c1-13(29-23-20-22(26-11-25-20)27-12-28-23)17-10-15-4-3-5-18(24)19(15)31-21(17)30-16-6-8-32(9-7-16)14(2)33/h3-5,10-13,16H,6-9H2,1-2H3,(H,30,31)(H2,25,26,27,28,29)/t13-/m0/s1. The zero-order valence-electron chi connectivity index (χ0n) is 18.5. The summed E-state index contributed by atoms with van der Waals surface area (Å²) in [6.07, 6.45) is 4.83. The molecule has 3 aromatic heterocycles. The van der Waals surface area contributed by atoms with Gasteiger partial charge in [-0.2, -0.15) is 0 Å². The number of aromatic nitrogens is 5. The first-order valence-electron chi connectivity index (χ1n) is 11.0. The van der Waals surface area contributed by atoms with Gasteiger partial charge in [-0.25, -0.2) is 19.9 Å². The fourth-order valence-corrected chi connectivity index (χ4v) is 4.54. The number of pyridine rings is 1. The lowest BCUT2D eigenvalue weighted by Crippen LogP contribution is -2.41. The number of imidazole rings is 1. The molecular formula is C23H25ClN8O. The highest BCUT2D eigenvalue weighted by Crippen LogP contribution is 2.32. The second-order valence-electron chi connectivity index (χ2n) is 8.35. The van der Waals surface area contributed by atoms with Crippen molar-refractivity contribution in [2.24, 2.45) is 0 Å². The molecule has 4 heterocycles. The van der Waals surface area contributed by atoms with Crippen LogP contribution in [0.3, 0.4) is 0 Å². The summed E-state index contributed by atoms with van der Waals surface area (Å²) in [7, 11) is 0. The third kappa shape index (κ3) is 4.28. The summed E-state index contributed by atoms with van der Waals surface area (Å²) in [5.41, 5.74) is 3.13. The number of amides is 1. The summed E-state index contributed by atoms with van der Waals surface area (Å²) in [5, 5.41) is 8.69. The normalized spacial score (nSPS) is 15.7. The number of carbonyl (C=O) groups is 1. The quantitative estimate of drug-likeness (QED) is 0.406. The number of likely N-dealkylation sites (tertiary alicyclic amines) is 1. The second kappa shape index (κ2) is 8.82. The molecule has 5 rings (SSSR count). The highest BCUT2D eigenvalue weighted by molar-refractivity contribution is 6.35. The van der Waals surface area contributed by atoms with Crippen molar-refractivity contribution in [1.29, 1.82) is 0 Å². The zero-order chi connectivity index (χ0) is 22.9. The van der Waals surface area contributed by atoms with Gasteiger partial charge in [-0.3, -0.25) is 4.79 Å². The number of hydrogen-bond donors (Lipinski definition) is 3. The molecular weight excluding hydrogens is 440 g/mol. The van der Waals surface area contributed by atoms with Gasteiger partial charge in [-0.15, -0.1) is 0 Å². The van der Waals surface area contributed by atoms with Crippen molar-refractivity contribution in [3.63, 3.8) is 0 Å². The van der Waals surface area contributed by atoms with Gasteiger partial charge in [-0.05, 0) is 31.9 Å². The van der Waals surface area contributed by atoms with Crippen molar-refractivity contribution in [2.75, 3.05) is 23.7 Å². The highest BCUT2D eigenvalue weighted by Gasteiger charge is 2.23. The van der Waals surface area contributed by atoms with Gasteiger partial charge in [0.25, 0.3) is 0 Å². The summed E-state index contributed by atoms with van der Waals surface area (Å²) in [6, 6.07) is 8.02.